The summed E-state index contributed by atoms with van der Waals surface area (Å²) < 4.78 is 11.6. The van der Waals surface area contributed by atoms with Crippen LogP contribution in [0.4, 0.5) is 0 Å². The molecule has 0 saturated heterocycles. The topological polar surface area (TPSA) is 33.7 Å². The third-order valence-electron chi connectivity index (χ3n) is 4.06. The second-order valence-electron chi connectivity index (χ2n) is 7.58. The van der Waals surface area contributed by atoms with E-state index in [1.165, 1.54) is 16.7 Å². The number of nitrogens with zero attached hydrogens (tertiary/aromatic N) is 1. The van der Waals surface area contributed by atoms with Crippen LogP contribution in [0.5, 0.6) is 11.5 Å². The molecule has 0 saturated carbocycles. The largest absolute Gasteiger partial charge is 0.490 e. The van der Waals surface area contributed by atoms with E-state index in [9.17, 15) is 0 Å². The van der Waals surface area contributed by atoms with Crippen molar-refractivity contribution in [3.05, 3.63) is 59.2 Å². The molecule has 0 aromatic heterocycles. The van der Waals surface area contributed by atoms with Crippen molar-refractivity contribution in [2.45, 2.75) is 40.4 Å². The Kier molecular flexibility index (Phi) is 8.62. The van der Waals surface area contributed by atoms with E-state index in [0.717, 1.165) is 31.1 Å². The molecule has 2 rings (SSSR count). The molecule has 4 nitrogen and oxygen atoms in total. The number of ether oxygens (including phenoxy) is 2. The van der Waals surface area contributed by atoms with Crippen LogP contribution in [-0.2, 0) is 19.6 Å². The highest BCUT2D eigenvalue weighted by Crippen LogP contribution is 2.29. The molecule has 0 radical (unpaired) electrons. The molecule has 0 bridgehead atoms. The van der Waals surface area contributed by atoms with E-state index in [-0.39, 0.29) is 0 Å². The number of rotatable bonds is 11. The van der Waals surface area contributed by atoms with Crippen molar-refractivity contribution in [2.24, 2.45) is 5.92 Å². The third-order valence-corrected chi connectivity index (χ3v) is 4.06. The van der Waals surface area contributed by atoms with Gasteiger partial charge in [-0.2, -0.15) is 0 Å². The van der Waals surface area contributed by atoms with Crippen LogP contribution in [0.3, 0.4) is 0 Å². The van der Waals surface area contributed by atoms with Crippen molar-refractivity contribution in [1.29, 1.82) is 0 Å². The zero-order valence-electron chi connectivity index (χ0n) is 17.4. The highest BCUT2D eigenvalue weighted by Gasteiger charge is 2.08. The molecule has 27 heavy (non-hydrogen) atoms. The molecule has 0 aliphatic heterocycles. The average Bonchev–Trinajstić information content (AvgIpc) is 2.62. The second kappa shape index (κ2) is 11.0. The van der Waals surface area contributed by atoms with Gasteiger partial charge in [0.25, 0.3) is 0 Å². The quantitative estimate of drug-likeness (QED) is 0.633. The molecule has 0 fully saturated rings. The Bertz CT molecular complexity index is 681. The smallest absolute Gasteiger partial charge is 0.161 e. The minimum absolute atomic E-state index is 0.491. The van der Waals surface area contributed by atoms with E-state index >= 15 is 0 Å². The van der Waals surface area contributed by atoms with Gasteiger partial charge in [-0.15, -0.1) is 0 Å². The zero-order chi connectivity index (χ0) is 19.6. The van der Waals surface area contributed by atoms with Crippen molar-refractivity contribution >= 4 is 0 Å². The van der Waals surface area contributed by atoms with Gasteiger partial charge in [-0.25, -0.2) is 0 Å². The van der Waals surface area contributed by atoms with Crippen LogP contribution in [0.15, 0.2) is 42.5 Å². The lowest BCUT2D eigenvalue weighted by molar-refractivity contribution is 0.248. The number of benzene rings is 2. The first kappa shape index (κ1) is 21.3. The predicted octanol–water partition coefficient (Wildman–Crippen LogP) is 4.47. The summed E-state index contributed by atoms with van der Waals surface area (Å²) >= 11 is 0. The third kappa shape index (κ3) is 7.61. The summed E-state index contributed by atoms with van der Waals surface area (Å²) in [6.45, 7) is 10.2. The van der Waals surface area contributed by atoms with Crippen LogP contribution in [0.1, 0.15) is 37.5 Å². The number of hydrogen-bond acceptors (Lipinski definition) is 4. The van der Waals surface area contributed by atoms with Gasteiger partial charge in [0.1, 0.15) is 0 Å². The lowest BCUT2D eigenvalue weighted by Gasteiger charge is -2.15. The van der Waals surface area contributed by atoms with Gasteiger partial charge in [0.15, 0.2) is 11.5 Å². The lowest BCUT2D eigenvalue weighted by Crippen LogP contribution is -2.14. The average molecular weight is 371 g/mol. The van der Waals surface area contributed by atoms with Crippen LogP contribution in [0.25, 0.3) is 0 Å². The molecule has 148 valence electrons. The summed E-state index contributed by atoms with van der Waals surface area (Å²) in [7, 11) is 4.18. The van der Waals surface area contributed by atoms with Gasteiger partial charge in [0.05, 0.1) is 13.2 Å². The van der Waals surface area contributed by atoms with Crippen LogP contribution < -0.4 is 14.8 Å². The van der Waals surface area contributed by atoms with Crippen LogP contribution in [-0.4, -0.2) is 32.2 Å². The number of nitrogens with one attached hydrogen (secondary N) is 1. The summed E-state index contributed by atoms with van der Waals surface area (Å²) in [6.07, 6.45) is 0. The normalized spacial score (nSPS) is 11.2. The minimum Gasteiger partial charge on any atom is -0.490 e. The van der Waals surface area contributed by atoms with Crippen molar-refractivity contribution < 1.29 is 9.47 Å². The van der Waals surface area contributed by atoms with Crippen molar-refractivity contribution in [2.75, 3.05) is 27.3 Å². The van der Waals surface area contributed by atoms with Crippen molar-refractivity contribution in [3.8, 4) is 11.5 Å². The van der Waals surface area contributed by atoms with Gasteiger partial charge in [-0.1, -0.05) is 44.2 Å². The summed E-state index contributed by atoms with van der Waals surface area (Å²) in [5.74, 6) is 2.14. The van der Waals surface area contributed by atoms with E-state index in [1.807, 2.05) is 13.0 Å². The maximum absolute atomic E-state index is 5.87. The Morgan fingerprint density at radius 1 is 0.852 bits per heavy atom. The number of hydrogen-bond donors (Lipinski definition) is 1. The van der Waals surface area contributed by atoms with Gasteiger partial charge in [-0.05, 0) is 55.8 Å². The van der Waals surface area contributed by atoms with Gasteiger partial charge in [-0.3, -0.25) is 0 Å². The lowest BCUT2D eigenvalue weighted by atomic mass is 10.1. The van der Waals surface area contributed by atoms with Crippen LogP contribution in [0, 0.1) is 5.92 Å². The SMILES string of the molecule is CCOc1cc(CNCc2ccc(CN(C)C)cc2)ccc1OCC(C)C. The Morgan fingerprint density at radius 2 is 1.48 bits per heavy atom. The van der Waals surface area contributed by atoms with Crippen LogP contribution >= 0.6 is 0 Å². The molecule has 0 amide bonds. The first-order valence-corrected chi connectivity index (χ1v) is 9.79. The summed E-state index contributed by atoms with van der Waals surface area (Å²) in [5, 5.41) is 3.51. The van der Waals surface area contributed by atoms with Gasteiger partial charge in [0, 0.05) is 19.6 Å². The molecule has 2 aromatic rings. The summed E-state index contributed by atoms with van der Waals surface area (Å²) in [5.41, 5.74) is 3.82. The molecule has 0 aliphatic rings. The van der Waals surface area contributed by atoms with Crippen LogP contribution in [0.2, 0.25) is 0 Å². The second-order valence-corrected chi connectivity index (χ2v) is 7.58. The molecule has 0 aliphatic carbocycles. The predicted molar refractivity (Wildman–Crippen MR) is 112 cm³/mol. The summed E-state index contributed by atoms with van der Waals surface area (Å²) in [4.78, 5) is 2.18. The van der Waals surface area contributed by atoms with Crippen molar-refractivity contribution in [1.82, 2.24) is 10.2 Å². The molecule has 0 spiro atoms. The fourth-order valence-corrected chi connectivity index (χ4v) is 2.79. The Balaban J connectivity index is 1.90. The molecule has 0 atom stereocenters. The Labute approximate surface area is 164 Å². The molecule has 1 N–H and O–H groups in total. The highest BCUT2D eigenvalue weighted by atomic mass is 16.5. The maximum atomic E-state index is 5.87. The van der Waals surface area contributed by atoms with E-state index < -0.39 is 0 Å². The molecule has 0 heterocycles. The minimum atomic E-state index is 0.491. The van der Waals surface area contributed by atoms with Gasteiger partial charge >= 0.3 is 0 Å². The standard InChI is InChI=1S/C23H34N2O2/c1-6-26-23-13-21(11-12-22(23)27-17-18(2)3)15-24-14-19-7-9-20(10-8-19)16-25(4)5/h7-13,18,24H,6,14-17H2,1-5H3. The highest BCUT2D eigenvalue weighted by molar-refractivity contribution is 5.43. The molecule has 2 aromatic carbocycles. The zero-order valence-corrected chi connectivity index (χ0v) is 17.4. The Hall–Kier alpha value is -2.04. The van der Waals surface area contributed by atoms with Crippen molar-refractivity contribution in [3.63, 3.8) is 0 Å². The molecular weight excluding hydrogens is 336 g/mol. The maximum Gasteiger partial charge on any atom is 0.161 e. The monoisotopic (exact) mass is 370 g/mol. The summed E-state index contributed by atoms with van der Waals surface area (Å²) in [6, 6.07) is 15.0. The van der Waals surface area contributed by atoms with E-state index in [2.05, 4.69) is 74.6 Å². The first-order chi connectivity index (χ1) is 13.0. The van der Waals surface area contributed by atoms with E-state index in [0.29, 0.717) is 19.1 Å². The van der Waals surface area contributed by atoms with Gasteiger partial charge in [0.2, 0.25) is 0 Å². The molecular formula is C23H34N2O2. The fourth-order valence-electron chi connectivity index (χ4n) is 2.79. The molecule has 4 heteroatoms. The molecule has 0 unspecified atom stereocenters. The fraction of sp³-hybridized carbons (Fsp3) is 0.478. The van der Waals surface area contributed by atoms with Gasteiger partial charge < -0.3 is 19.7 Å². The first-order valence-electron chi connectivity index (χ1n) is 9.79. The Morgan fingerprint density at radius 3 is 2.11 bits per heavy atom. The van der Waals surface area contributed by atoms with E-state index in [4.69, 9.17) is 9.47 Å². The van der Waals surface area contributed by atoms with E-state index in [1.54, 1.807) is 0 Å².